The van der Waals surface area contributed by atoms with Crippen molar-refractivity contribution in [2.45, 2.75) is 37.3 Å². The fourth-order valence-corrected chi connectivity index (χ4v) is 7.34. The number of carbonyl (C=O) groups excluding carboxylic acids is 4. The van der Waals surface area contributed by atoms with Crippen molar-refractivity contribution in [2.75, 3.05) is 31.5 Å². The highest BCUT2D eigenvalue weighted by Crippen LogP contribution is 2.37. The van der Waals surface area contributed by atoms with Gasteiger partial charge in [0.15, 0.2) is 0 Å². The van der Waals surface area contributed by atoms with E-state index in [1.54, 1.807) is 80.8 Å². The standard InChI is InChI=1S/C42H41N3O7S2/c1-6-36(40(48)45-41-37(42(49)52-7-2)33(25-53-41)27-18-16-26(3)17-19-27)54-32-15-11-14-30(23-32)43-39(47)34(44-38(46)28-12-9-8-10-13-28)22-29-20-21-31(50-4)24-35(29)51-5/h8-25,36H,6-7H2,1-5H3,(H,43,47)(H,44,46)(H,45,48)/b34-22+. The van der Waals surface area contributed by atoms with Gasteiger partial charge in [-0.05, 0) is 74.4 Å². The van der Waals surface area contributed by atoms with Crippen LogP contribution < -0.4 is 25.4 Å². The molecule has 1 unspecified atom stereocenters. The Bertz CT molecular complexity index is 2150. The van der Waals surface area contributed by atoms with E-state index in [2.05, 4.69) is 16.0 Å². The lowest BCUT2D eigenvalue weighted by Gasteiger charge is -2.16. The summed E-state index contributed by atoms with van der Waals surface area (Å²) in [7, 11) is 3.04. The number of benzene rings is 4. The fourth-order valence-electron chi connectivity index (χ4n) is 5.36. The van der Waals surface area contributed by atoms with E-state index in [0.29, 0.717) is 50.9 Å². The van der Waals surface area contributed by atoms with E-state index in [9.17, 15) is 19.2 Å². The molecule has 1 atom stereocenters. The predicted molar refractivity (Wildman–Crippen MR) is 216 cm³/mol. The van der Waals surface area contributed by atoms with Gasteiger partial charge in [0, 0.05) is 38.7 Å². The van der Waals surface area contributed by atoms with Crippen LogP contribution in [0.1, 0.15) is 52.1 Å². The maximum atomic E-state index is 13.8. The summed E-state index contributed by atoms with van der Waals surface area (Å²) in [5.41, 5.74) is 4.30. The van der Waals surface area contributed by atoms with E-state index in [-0.39, 0.29) is 18.2 Å². The molecule has 1 heterocycles. The molecule has 4 aromatic carbocycles. The second-order valence-electron chi connectivity index (χ2n) is 11.9. The minimum Gasteiger partial charge on any atom is -0.497 e. The summed E-state index contributed by atoms with van der Waals surface area (Å²) in [4.78, 5) is 54.5. The number of nitrogens with one attached hydrogen (secondary N) is 3. The lowest BCUT2D eigenvalue weighted by atomic mass is 10.0. The molecule has 5 aromatic rings. The van der Waals surface area contributed by atoms with Crippen molar-refractivity contribution in [3.05, 3.63) is 130 Å². The topological polar surface area (TPSA) is 132 Å². The number of thiophene rings is 1. The number of rotatable bonds is 15. The Kier molecular flexibility index (Phi) is 13.7. The largest absolute Gasteiger partial charge is 0.497 e. The number of hydrogen-bond donors (Lipinski definition) is 3. The van der Waals surface area contributed by atoms with Crippen LogP contribution in [-0.2, 0) is 14.3 Å². The average Bonchev–Trinajstić information content (AvgIpc) is 3.60. The molecule has 5 rings (SSSR count). The van der Waals surface area contributed by atoms with Gasteiger partial charge in [0.1, 0.15) is 27.8 Å². The van der Waals surface area contributed by atoms with Crippen molar-refractivity contribution in [3.63, 3.8) is 0 Å². The SMILES string of the molecule is CCOC(=O)c1c(-c2ccc(C)cc2)csc1NC(=O)C(CC)Sc1cccc(NC(=O)/C(=C\c2ccc(OC)cc2OC)NC(=O)c2ccccc2)c1. The van der Waals surface area contributed by atoms with Gasteiger partial charge in [-0.2, -0.15) is 0 Å². The van der Waals surface area contributed by atoms with E-state index in [1.165, 1.54) is 36.3 Å². The smallest absolute Gasteiger partial charge is 0.341 e. The molecule has 0 aliphatic heterocycles. The monoisotopic (exact) mass is 763 g/mol. The zero-order valence-electron chi connectivity index (χ0n) is 30.6. The van der Waals surface area contributed by atoms with Crippen molar-refractivity contribution in [2.24, 2.45) is 0 Å². The maximum Gasteiger partial charge on any atom is 0.341 e. The Morgan fingerprint density at radius 1 is 0.852 bits per heavy atom. The zero-order chi connectivity index (χ0) is 38.6. The Morgan fingerprint density at radius 2 is 1.61 bits per heavy atom. The van der Waals surface area contributed by atoms with E-state index < -0.39 is 23.0 Å². The lowest BCUT2D eigenvalue weighted by Crippen LogP contribution is -2.30. The minimum absolute atomic E-state index is 0.0189. The third kappa shape index (κ3) is 9.97. The Morgan fingerprint density at radius 3 is 2.30 bits per heavy atom. The Balaban J connectivity index is 1.35. The fraction of sp³-hybridized carbons (Fsp3) is 0.190. The van der Waals surface area contributed by atoms with Gasteiger partial charge in [-0.15, -0.1) is 23.1 Å². The van der Waals surface area contributed by atoms with E-state index in [0.717, 1.165) is 16.0 Å². The quantitative estimate of drug-likeness (QED) is 0.0548. The van der Waals surface area contributed by atoms with Crippen LogP contribution in [0, 0.1) is 6.92 Å². The van der Waals surface area contributed by atoms with Gasteiger partial charge in [0.2, 0.25) is 5.91 Å². The van der Waals surface area contributed by atoms with Gasteiger partial charge in [0.25, 0.3) is 11.8 Å². The Hall–Kier alpha value is -5.85. The van der Waals surface area contributed by atoms with Crippen LogP contribution in [0.4, 0.5) is 10.7 Å². The average molecular weight is 764 g/mol. The highest BCUT2D eigenvalue weighted by Gasteiger charge is 2.26. The van der Waals surface area contributed by atoms with Crippen molar-refractivity contribution in [3.8, 4) is 22.6 Å². The molecule has 0 bridgehead atoms. The van der Waals surface area contributed by atoms with Crippen LogP contribution in [0.3, 0.4) is 0 Å². The molecule has 0 saturated heterocycles. The lowest BCUT2D eigenvalue weighted by molar-refractivity contribution is -0.116. The maximum absolute atomic E-state index is 13.8. The number of ether oxygens (including phenoxy) is 3. The number of amides is 3. The van der Waals surface area contributed by atoms with Crippen molar-refractivity contribution in [1.82, 2.24) is 5.32 Å². The van der Waals surface area contributed by atoms with Gasteiger partial charge < -0.3 is 30.2 Å². The third-order valence-corrected chi connectivity index (χ3v) is 10.4. The van der Waals surface area contributed by atoms with Gasteiger partial charge in [-0.25, -0.2) is 4.79 Å². The van der Waals surface area contributed by atoms with Gasteiger partial charge in [0.05, 0.1) is 26.1 Å². The number of hydrogen-bond acceptors (Lipinski definition) is 9. The summed E-state index contributed by atoms with van der Waals surface area (Å²) in [6, 6.07) is 28.6. The number of esters is 1. The molecule has 10 nitrogen and oxygen atoms in total. The predicted octanol–water partition coefficient (Wildman–Crippen LogP) is 8.84. The summed E-state index contributed by atoms with van der Waals surface area (Å²) in [6.45, 7) is 5.83. The molecule has 12 heteroatoms. The molecule has 3 N–H and O–H groups in total. The van der Waals surface area contributed by atoms with Crippen LogP contribution in [0.5, 0.6) is 11.5 Å². The number of thioether (sulfide) groups is 1. The summed E-state index contributed by atoms with van der Waals surface area (Å²) >= 11 is 2.60. The molecule has 3 amide bonds. The molecule has 54 heavy (non-hydrogen) atoms. The molecule has 0 aliphatic carbocycles. The van der Waals surface area contributed by atoms with Crippen molar-refractivity contribution in [1.29, 1.82) is 0 Å². The van der Waals surface area contributed by atoms with Gasteiger partial charge >= 0.3 is 5.97 Å². The van der Waals surface area contributed by atoms with E-state index in [1.807, 2.05) is 49.6 Å². The summed E-state index contributed by atoms with van der Waals surface area (Å²) in [5, 5.41) is 10.3. The first-order valence-corrected chi connectivity index (χ1v) is 18.9. The molecule has 0 aliphatic rings. The van der Waals surface area contributed by atoms with E-state index in [4.69, 9.17) is 14.2 Å². The first-order valence-electron chi connectivity index (χ1n) is 17.2. The molecular weight excluding hydrogens is 723 g/mol. The summed E-state index contributed by atoms with van der Waals surface area (Å²) < 4.78 is 16.2. The molecule has 0 spiro atoms. The van der Waals surface area contributed by atoms with Crippen molar-refractivity contribution >= 4 is 63.6 Å². The first kappa shape index (κ1) is 39.4. The first-order chi connectivity index (χ1) is 26.1. The molecule has 278 valence electrons. The third-order valence-electron chi connectivity index (χ3n) is 8.17. The minimum atomic E-state index is -0.572. The highest BCUT2D eigenvalue weighted by atomic mass is 32.2. The van der Waals surface area contributed by atoms with Crippen LogP contribution in [-0.4, -0.2) is 49.8 Å². The molecule has 0 fully saturated rings. The molecular formula is C42H41N3O7S2. The van der Waals surface area contributed by atoms with Crippen molar-refractivity contribution < 1.29 is 33.4 Å². The normalized spacial score (nSPS) is 11.6. The Labute approximate surface area is 322 Å². The van der Waals surface area contributed by atoms with Crippen LogP contribution >= 0.6 is 23.1 Å². The van der Waals surface area contributed by atoms with E-state index >= 15 is 0 Å². The second-order valence-corrected chi connectivity index (χ2v) is 14.1. The number of carbonyl (C=O) groups is 4. The van der Waals surface area contributed by atoms with Gasteiger partial charge in [-0.1, -0.05) is 61.0 Å². The summed E-state index contributed by atoms with van der Waals surface area (Å²) in [5.74, 6) is -0.807. The molecule has 0 saturated carbocycles. The number of anilines is 2. The zero-order valence-corrected chi connectivity index (χ0v) is 32.2. The molecule has 1 aromatic heterocycles. The van der Waals surface area contributed by atoms with Gasteiger partial charge in [-0.3, -0.25) is 14.4 Å². The molecule has 0 radical (unpaired) electrons. The van der Waals surface area contributed by atoms with Crippen LogP contribution in [0.2, 0.25) is 0 Å². The van der Waals surface area contributed by atoms with Crippen LogP contribution in [0.15, 0.2) is 113 Å². The van der Waals surface area contributed by atoms with Crippen LogP contribution in [0.25, 0.3) is 17.2 Å². The summed E-state index contributed by atoms with van der Waals surface area (Å²) in [6.07, 6.45) is 2.02. The highest BCUT2D eigenvalue weighted by molar-refractivity contribution is 8.00. The second kappa shape index (κ2) is 18.8. The number of aryl methyl sites for hydroxylation is 1. The number of methoxy groups -OCH3 is 2.